The van der Waals surface area contributed by atoms with Crippen LogP contribution in [-0.2, 0) is 22.6 Å². The van der Waals surface area contributed by atoms with Gasteiger partial charge in [-0.1, -0.05) is 42.5 Å². The molecular formula is C27H27NO6S. The summed E-state index contributed by atoms with van der Waals surface area (Å²) in [6.45, 7) is -0.296. The summed E-state index contributed by atoms with van der Waals surface area (Å²) in [5.74, 6) is -2.04. The molecule has 1 unspecified atom stereocenters. The van der Waals surface area contributed by atoms with E-state index in [1.807, 2.05) is 30.3 Å². The molecule has 3 rings (SSSR count). The zero-order valence-electron chi connectivity index (χ0n) is 19.0. The number of carbonyl (C=O) groups is 3. The highest BCUT2D eigenvalue weighted by Gasteiger charge is 2.26. The first-order valence-corrected chi connectivity index (χ1v) is 11.7. The lowest BCUT2D eigenvalue weighted by atomic mass is 9.99. The summed E-state index contributed by atoms with van der Waals surface area (Å²) in [4.78, 5) is 37.1. The number of nitrogens with zero attached hydrogens (tertiary/aromatic N) is 1. The standard InChI is InChI=1S/C27H27NO6S/c29-25(30)16-28(26(31)22(18-35)10-9-19-5-2-1-3-6-19)23-11-13-24(14-12-23)34-17-20-7-4-8-21(15-20)27(32)33/h1-8,11-15,22,35H,9-10,16-18H2,(H,29,30)(H,32,33). The molecule has 0 heterocycles. The highest BCUT2D eigenvalue weighted by Crippen LogP contribution is 2.24. The number of thiol groups is 1. The number of aliphatic carboxylic acids is 1. The van der Waals surface area contributed by atoms with Crippen molar-refractivity contribution in [1.29, 1.82) is 0 Å². The van der Waals surface area contributed by atoms with Crippen LogP contribution in [-0.4, -0.2) is 40.4 Å². The predicted molar refractivity (Wildman–Crippen MR) is 136 cm³/mol. The van der Waals surface area contributed by atoms with E-state index < -0.39 is 24.4 Å². The monoisotopic (exact) mass is 493 g/mol. The van der Waals surface area contributed by atoms with Crippen molar-refractivity contribution in [2.45, 2.75) is 19.4 Å². The molecular weight excluding hydrogens is 466 g/mol. The number of benzene rings is 3. The first-order chi connectivity index (χ1) is 16.9. The Hall–Kier alpha value is -3.78. The van der Waals surface area contributed by atoms with Gasteiger partial charge in [0.05, 0.1) is 5.56 Å². The van der Waals surface area contributed by atoms with Gasteiger partial charge in [0.2, 0.25) is 5.91 Å². The summed E-state index contributed by atoms with van der Waals surface area (Å²) < 4.78 is 5.73. The minimum absolute atomic E-state index is 0.166. The largest absolute Gasteiger partial charge is 0.489 e. The molecule has 0 radical (unpaired) electrons. The third-order valence-corrected chi connectivity index (χ3v) is 5.92. The average molecular weight is 494 g/mol. The molecule has 0 aliphatic carbocycles. The number of amides is 1. The van der Waals surface area contributed by atoms with Crippen molar-refractivity contribution < 1.29 is 29.3 Å². The topological polar surface area (TPSA) is 104 Å². The van der Waals surface area contributed by atoms with E-state index in [1.54, 1.807) is 36.4 Å². The quantitative estimate of drug-likeness (QED) is 0.320. The molecule has 1 atom stereocenters. The minimum Gasteiger partial charge on any atom is -0.489 e. The Kier molecular flexibility index (Phi) is 9.31. The first kappa shape index (κ1) is 25.8. The number of hydrogen-bond donors (Lipinski definition) is 3. The van der Waals surface area contributed by atoms with Crippen LogP contribution in [0.4, 0.5) is 5.69 Å². The molecule has 2 N–H and O–H groups in total. The van der Waals surface area contributed by atoms with E-state index in [9.17, 15) is 19.5 Å². The van der Waals surface area contributed by atoms with Gasteiger partial charge in [-0.15, -0.1) is 0 Å². The predicted octanol–water partition coefficient (Wildman–Crippen LogP) is 4.56. The van der Waals surface area contributed by atoms with E-state index in [4.69, 9.17) is 9.84 Å². The number of aromatic carboxylic acids is 1. The van der Waals surface area contributed by atoms with Crippen molar-refractivity contribution in [3.8, 4) is 5.75 Å². The van der Waals surface area contributed by atoms with Crippen molar-refractivity contribution in [3.63, 3.8) is 0 Å². The van der Waals surface area contributed by atoms with Crippen molar-refractivity contribution in [2.75, 3.05) is 17.2 Å². The average Bonchev–Trinajstić information content (AvgIpc) is 2.87. The molecule has 0 saturated carbocycles. The second kappa shape index (κ2) is 12.6. The van der Waals surface area contributed by atoms with Crippen LogP contribution in [0.25, 0.3) is 0 Å². The highest BCUT2D eigenvalue weighted by atomic mass is 32.1. The molecule has 35 heavy (non-hydrogen) atoms. The Morgan fingerprint density at radius 1 is 0.886 bits per heavy atom. The Bertz CT molecular complexity index is 1150. The summed E-state index contributed by atoms with van der Waals surface area (Å²) in [6, 6.07) is 22.8. The van der Waals surface area contributed by atoms with Gasteiger partial charge in [0.25, 0.3) is 0 Å². The molecule has 3 aromatic carbocycles. The molecule has 0 aliphatic rings. The van der Waals surface area contributed by atoms with Gasteiger partial charge in [0.15, 0.2) is 0 Å². The number of hydrogen-bond acceptors (Lipinski definition) is 5. The molecule has 0 aliphatic heterocycles. The normalized spacial score (nSPS) is 11.5. The Morgan fingerprint density at radius 2 is 1.57 bits per heavy atom. The van der Waals surface area contributed by atoms with Crippen LogP contribution < -0.4 is 9.64 Å². The number of rotatable bonds is 12. The molecule has 1 amide bonds. The third-order valence-electron chi connectivity index (χ3n) is 5.48. The lowest BCUT2D eigenvalue weighted by Crippen LogP contribution is -2.40. The zero-order valence-corrected chi connectivity index (χ0v) is 19.9. The molecule has 7 nitrogen and oxygen atoms in total. The summed E-state index contributed by atoms with van der Waals surface area (Å²) in [6.07, 6.45) is 1.24. The maximum absolute atomic E-state index is 13.2. The minimum atomic E-state index is -1.11. The van der Waals surface area contributed by atoms with E-state index >= 15 is 0 Å². The Balaban J connectivity index is 1.68. The summed E-state index contributed by atoms with van der Waals surface area (Å²) >= 11 is 4.35. The van der Waals surface area contributed by atoms with Crippen LogP contribution in [0.1, 0.15) is 27.9 Å². The van der Waals surface area contributed by atoms with Crippen LogP contribution in [0.5, 0.6) is 5.75 Å². The molecule has 0 fully saturated rings. The molecule has 8 heteroatoms. The number of aryl methyl sites for hydroxylation is 1. The second-order valence-electron chi connectivity index (χ2n) is 8.01. The van der Waals surface area contributed by atoms with E-state index in [2.05, 4.69) is 12.6 Å². The molecule has 0 saturated heterocycles. The number of carbonyl (C=O) groups excluding carboxylic acids is 1. The van der Waals surface area contributed by atoms with Gasteiger partial charge in [-0.05, 0) is 60.4 Å². The van der Waals surface area contributed by atoms with E-state index in [0.717, 1.165) is 5.56 Å². The van der Waals surface area contributed by atoms with E-state index in [0.29, 0.717) is 35.6 Å². The van der Waals surface area contributed by atoms with Crippen LogP contribution in [0.2, 0.25) is 0 Å². The maximum Gasteiger partial charge on any atom is 0.335 e. The van der Waals surface area contributed by atoms with Crippen molar-refractivity contribution in [2.24, 2.45) is 5.92 Å². The van der Waals surface area contributed by atoms with Gasteiger partial charge < -0.3 is 19.8 Å². The van der Waals surface area contributed by atoms with Crippen molar-refractivity contribution in [3.05, 3.63) is 95.6 Å². The SMILES string of the molecule is O=C(O)CN(C(=O)C(CS)CCc1ccccc1)c1ccc(OCc2cccc(C(=O)O)c2)cc1. The first-order valence-electron chi connectivity index (χ1n) is 11.1. The Morgan fingerprint density at radius 3 is 2.20 bits per heavy atom. The van der Waals surface area contributed by atoms with Crippen LogP contribution in [0.3, 0.4) is 0 Å². The zero-order chi connectivity index (χ0) is 25.2. The second-order valence-corrected chi connectivity index (χ2v) is 8.38. The fourth-order valence-electron chi connectivity index (χ4n) is 3.61. The number of carboxylic acids is 2. The van der Waals surface area contributed by atoms with E-state index in [-0.39, 0.29) is 18.1 Å². The molecule has 0 spiro atoms. The van der Waals surface area contributed by atoms with Crippen LogP contribution >= 0.6 is 12.6 Å². The molecule has 3 aromatic rings. The van der Waals surface area contributed by atoms with Crippen molar-refractivity contribution >= 4 is 36.2 Å². The van der Waals surface area contributed by atoms with Gasteiger partial charge in [0.1, 0.15) is 18.9 Å². The van der Waals surface area contributed by atoms with Gasteiger partial charge in [-0.25, -0.2) is 4.79 Å². The number of anilines is 1. The lowest BCUT2D eigenvalue weighted by Gasteiger charge is -2.26. The molecule has 182 valence electrons. The summed E-state index contributed by atoms with van der Waals surface area (Å²) in [7, 11) is 0. The fraction of sp³-hybridized carbons (Fsp3) is 0.222. The smallest absolute Gasteiger partial charge is 0.335 e. The number of ether oxygens (including phenoxy) is 1. The maximum atomic E-state index is 13.2. The van der Waals surface area contributed by atoms with Gasteiger partial charge in [-0.2, -0.15) is 12.6 Å². The van der Waals surface area contributed by atoms with Crippen LogP contribution in [0, 0.1) is 5.92 Å². The Labute approximate surface area is 209 Å². The molecule has 0 bridgehead atoms. The third kappa shape index (κ3) is 7.61. The highest BCUT2D eigenvalue weighted by molar-refractivity contribution is 7.80. The lowest BCUT2D eigenvalue weighted by molar-refractivity contribution is -0.137. The van der Waals surface area contributed by atoms with Crippen LogP contribution in [0.15, 0.2) is 78.9 Å². The number of carboxylic acid groups (broad SMARTS) is 2. The fourth-order valence-corrected chi connectivity index (χ4v) is 3.95. The molecule has 0 aromatic heterocycles. The van der Waals surface area contributed by atoms with Gasteiger partial charge in [-0.3, -0.25) is 9.59 Å². The van der Waals surface area contributed by atoms with Crippen molar-refractivity contribution in [1.82, 2.24) is 0 Å². The van der Waals surface area contributed by atoms with E-state index in [1.165, 1.54) is 17.0 Å². The van der Waals surface area contributed by atoms with Gasteiger partial charge >= 0.3 is 11.9 Å². The summed E-state index contributed by atoms with van der Waals surface area (Å²) in [5.41, 5.74) is 2.43. The van der Waals surface area contributed by atoms with Gasteiger partial charge in [0, 0.05) is 17.4 Å². The summed E-state index contributed by atoms with van der Waals surface area (Å²) in [5, 5.41) is 18.5.